The average Bonchev–Trinajstić information content (AvgIpc) is 2.96. The van der Waals surface area contributed by atoms with Crippen molar-refractivity contribution in [2.24, 2.45) is 0 Å². The standard InChI is InChI=1S/C11H17N3O3S/c1-7(2)14-10-6-13(15)5-9(10)12-11(14)18(16,17)8-3-4-8/h7-8,15H,3-6H2,1-2H3. The van der Waals surface area contributed by atoms with Crippen LogP contribution in [0.4, 0.5) is 0 Å². The molecule has 0 unspecified atom stereocenters. The molecule has 0 aromatic carbocycles. The van der Waals surface area contributed by atoms with E-state index in [4.69, 9.17) is 0 Å². The van der Waals surface area contributed by atoms with Gasteiger partial charge in [-0.2, -0.15) is 5.06 Å². The molecule has 3 rings (SSSR count). The van der Waals surface area contributed by atoms with E-state index in [9.17, 15) is 13.6 Å². The average molecular weight is 271 g/mol. The summed E-state index contributed by atoms with van der Waals surface area (Å²) in [6.07, 6.45) is 1.48. The van der Waals surface area contributed by atoms with Crippen LogP contribution >= 0.6 is 0 Å². The maximum Gasteiger partial charge on any atom is 0.228 e. The van der Waals surface area contributed by atoms with Crippen molar-refractivity contribution in [1.29, 1.82) is 0 Å². The number of hydrogen-bond acceptors (Lipinski definition) is 5. The van der Waals surface area contributed by atoms with Crippen molar-refractivity contribution in [3.63, 3.8) is 0 Å². The number of aromatic nitrogens is 2. The summed E-state index contributed by atoms with van der Waals surface area (Å²) < 4.78 is 26.5. The first-order valence-corrected chi connectivity index (χ1v) is 7.73. The molecular formula is C11H17N3O3S. The lowest BCUT2D eigenvalue weighted by Gasteiger charge is -2.15. The van der Waals surface area contributed by atoms with Gasteiger partial charge >= 0.3 is 0 Å². The van der Waals surface area contributed by atoms with E-state index in [1.165, 1.54) is 0 Å². The third-order valence-electron chi connectivity index (χ3n) is 3.46. The number of imidazole rings is 1. The van der Waals surface area contributed by atoms with E-state index in [2.05, 4.69) is 4.98 Å². The van der Waals surface area contributed by atoms with Gasteiger partial charge < -0.3 is 9.77 Å². The molecule has 0 bridgehead atoms. The van der Waals surface area contributed by atoms with E-state index in [0.717, 1.165) is 23.6 Å². The summed E-state index contributed by atoms with van der Waals surface area (Å²) in [5.74, 6) is 0. The highest BCUT2D eigenvalue weighted by atomic mass is 32.2. The molecule has 6 nitrogen and oxygen atoms in total. The Labute approximate surface area is 106 Å². The van der Waals surface area contributed by atoms with Crippen molar-refractivity contribution in [2.75, 3.05) is 0 Å². The van der Waals surface area contributed by atoms with Crippen molar-refractivity contribution in [2.45, 2.75) is 56.2 Å². The van der Waals surface area contributed by atoms with E-state index in [-0.39, 0.29) is 16.4 Å². The molecular weight excluding hydrogens is 254 g/mol. The molecule has 18 heavy (non-hydrogen) atoms. The zero-order chi connectivity index (χ0) is 13.1. The number of fused-ring (bicyclic) bond motifs is 1. The molecule has 7 heteroatoms. The largest absolute Gasteiger partial charge is 0.315 e. The molecule has 1 saturated carbocycles. The van der Waals surface area contributed by atoms with Crippen LogP contribution in [0.5, 0.6) is 0 Å². The van der Waals surface area contributed by atoms with E-state index >= 15 is 0 Å². The van der Waals surface area contributed by atoms with Gasteiger partial charge in [0.05, 0.1) is 29.7 Å². The lowest BCUT2D eigenvalue weighted by molar-refractivity contribution is -0.0989. The maximum atomic E-state index is 12.3. The Bertz CT molecular complexity index is 587. The summed E-state index contributed by atoms with van der Waals surface area (Å²) in [4.78, 5) is 4.27. The first-order valence-electron chi connectivity index (χ1n) is 6.19. The summed E-state index contributed by atoms with van der Waals surface area (Å²) in [6.45, 7) is 4.53. The Morgan fingerprint density at radius 1 is 1.33 bits per heavy atom. The molecule has 1 aromatic rings. The van der Waals surface area contributed by atoms with Crippen LogP contribution in [-0.2, 0) is 22.9 Å². The molecule has 0 spiro atoms. The van der Waals surface area contributed by atoms with Crippen LogP contribution < -0.4 is 0 Å². The molecule has 1 N–H and O–H groups in total. The zero-order valence-corrected chi connectivity index (χ0v) is 11.3. The fraction of sp³-hybridized carbons (Fsp3) is 0.727. The third-order valence-corrected chi connectivity index (χ3v) is 5.61. The van der Waals surface area contributed by atoms with E-state index in [1.807, 2.05) is 13.8 Å². The van der Waals surface area contributed by atoms with Crippen LogP contribution in [0.2, 0.25) is 0 Å². The summed E-state index contributed by atoms with van der Waals surface area (Å²) in [6, 6.07) is 0.0243. The lowest BCUT2D eigenvalue weighted by atomic mass is 10.3. The summed E-state index contributed by atoms with van der Waals surface area (Å²) in [7, 11) is -3.29. The Morgan fingerprint density at radius 2 is 2.00 bits per heavy atom. The SMILES string of the molecule is CC(C)n1c(S(=O)(=O)C2CC2)nc2c1CN(O)C2. The van der Waals surface area contributed by atoms with Crippen LogP contribution in [0.25, 0.3) is 0 Å². The highest BCUT2D eigenvalue weighted by molar-refractivity contribution is 7.92. The first-order chi connectivity index (χ1) is 8.41. The normalized spacial score (nSPS) is 20.7. The topological polar surface area (TPSA) is 75.4 Å². The predicted octanol–water partition coefficient (Wildman–Crippen LogP) is 1.10. The lowest BCUT2D eigenvalue weighted by Crippen LogP contribution is -2.20. The smallest absolute Gasteiger partial charge is 0.228 e. The van der Waals surface area contributed by atoms with Gasteiger partial charge in [-0.05, 0) is 26.7 Å². The van der Waals surface area contributed by atoms with Crippen LogP contribution in [-0.4, -0.2) is 33.5 Å². The molecule has 100 valence electrons. The van der Waals surface area contributed by atoms with Gasteiger partial charge in [0, 0.05) is 6.04 Å². The van der Waals surface area contributed by atoms with E-state index in [0.29, 0.717) is 18.8 Å². The Kier molecular flexibility index (Phi) is 2.55. The van der Waals surface area contributed by atoms with E-state index in [1.54, 1.807) is 4.57 Å². The minimum atomic E-state index is -3.29. The van der Waals surface area contributed by atoms with E-state index < -0.39 is 9.84 Å². The number of rotatable bonds is 3. The zero-order valence-electron chi connectivity index (χ0n) is 10.5. The molecule has 2 heterocycles. The van der Waals surface area contributed by atoms with Crippen LogP contribution in [0.3, 0.4) is 0 Å². The predicted molar refractivity (Wildman–Crippen MR) is 63.9 cm³/mol. The number of hydroxylamine groups is 2. The first kappa shape index (κ1) is 12.1. The molecule has 0 atom stereocenters. The highest BCUT2D eigenvalue weighted by Crippen LogP contribution is 2.36. The third kappa shape index (κ3) is 1.69. The Morgan fingerprint density at radius 3 is 2.56 bits per heavy atom. The molecule has 2 aliphatic rings. The number of hydrogen-bond donors (Lipinski definition) is 1. The van der Waals surface area contributed by atoms with Crippen molar-refractivity contribution in [1.82, 2.24) is 14.6 Å². The second kappa shape index (κ2) is 3.79. The quantitative estimate of drug-likeness (QED) is 0.891. The van der Waals surface area contributed by atoms with Gasteiger partial charge in [-0.15, -0.1) is 0 Å². The summed E-state index contributed by atoms with van der Waals surface area (Å²) >= 11 is 0. The molecule has 1 fully saturated rings. The van der Waals surface area contributed by atoms with Gasteiger partial charge in [-0.25, -0.2) is 13.4 Å². The van der Waals surface area contributed by atoms with Crippen molar-refractivity contribution in [3.05, 3.63) is 11.4 Å². The summed E-state index contributed by atoms with van der Waals surface area (Å²) in [5.41, 5.74) is 1.51. The van der Waals surface area contributed by atoms with Crippen molar-refractivity contribution in [3.8, 4) is 0 Å². The van der Waals surface area contributed by atoms with Crippen molar-refractivity contribution >= 4 is 9.84 Å². The molecule has 0 amide bonds. The van der Waals surface area contributed by atoms with Gasteiger partial charge in [-0.3, -0.25) is 0 Å². The van der Waals surface area contributed by atoms with Gasteiger partial charge in [0.2, 0.25) is 15.0 Å². The van der Waals surface area contributed by atoms with Crippen LogP contribution in [0, 0.1) is 0 Å². The monoisotopic (exact) mass is 271 g/mol. The minimum absolute atomic E-state index is 0.0243. The Hall–Kier alpha value is -0.920. The minimum Gasteiger partial charge on any atom is -0.315 e. The maximum absolute atomic E-state index is 12.3. The molecule has 0 saturated heterocycles. The van der Waals surface area contributed by atoms with Gasteiger partial charge in [-0.1, -0.05) is 0 Å². The number of sulfone groups is 1. The van der Waals surface area contributed by atoms with Crippen molar-refractivity contribution < 1.29 is 13.6 Å². The van der Waals surface area contributed by atoms with Crippen LogP contribution in [0.1, 0.15) is 44.1 Å². The second-order valence-electron chi connectivity index (χ2n) is 5.32. The van der Waals surface area contributed by atoms with Gasteiger partial charge in [0.1, 0.15) is 0 Å². The summed E-state index contributed by atoms with van der Waals surface area (Å²) in [5, 5.41) is 10.6. The Balaban J connectivity index is 2.14. The highest BCUT2D eigenvalue weighted by Gasteiger charge is 2.42. The number of nitrogens with zero attached hydrogens (tertiary/aromatic N) is 3. The second-order valence-corrected chi connectivity index (χ2v) is 7.44. The molecule has 0 radical (unpaired) electrons. The fourth-order valence-corrected chi connectivity index (χ4v) is 4.33. The molecule has 1 aromatic heterocycles. The molecule has 1 aliphatic heterocycles. The van der Waals surface area contributed by atoms with Gasteiger partial charge in [0.15, 0.2) is 0 Å². The fourth-order valence-electron chi connectivity index (χ4n) is 2.44. The molecule has 1 aliphatic carbocycles. The van der Waals surface area contributed by atoms with Gasteiger partial charge in [0.25, 0.3) is 0 Å². The van der Waals surface area contributed by atoms with Crippen LogP contribution in [0.15, 0.2) is 5.16 Å².